The summed E-state index contributed by atoms with van der Waals surface area (Å²) in [4.78, 5) is 13.0. The van der Waals surface area contributed by atoms with E-state index in [-0.39, 0.29) is 0 Å². The van der Waals surface area contributed by atoms with E-state index in [1.54, 1.807) is 0 Å². The van der Waals surface area contributed by atoms with Crippen LogP contribution in [0.3, 0.4) is 0 Å². The second-order valence-electron chi connectivity index (χ2n) is 6.40. The standard InChI is InChI=1S/C19H24N2O2/c22-19(23)20-14-16-8-11-21(12-9-16)10-7-15-5-6-17-3-1-2-4-18(17)13-15/h1-6,13,16,20H,7-12,14H2,(H,22,23). The molecule has 0 atom stereocenters. The van der Waals surface area contributed by atoms with Crippen LogP contribution in [0.5, 0.6) is 0 Å². The molecule has 3 rings (SSSR count). The average Bonchev–Trinajstić information content (AvgIpc) is 2.59. The number of benzene rings is 2. The lowest BCUT2D eigenvalue weighted by Crippen LogP contribution is -2.39. The zero-order chi connectivity index (χ0) is 16.1. The molecule has 1 fully saturated rings. The van der Waals surface area contributed by atoms with E-state index < -0.39 is 6.09 Å². The number of nitrogens with one attached hydrogen (secondary N) is 1. The average molecular weight is 312 g/mol. The summed E-state index contributed by atoms with van der Waals surface area (Å²) in [5.74, 6) is 0.489. The normalized spacial score (nSPS) is 16.5. The zero-order valence-corrected chi connectivity index (χ0v) is 13.4. The van der Waals surface area contributed by atoms with E-state index in [0.717, 1.165) is 38.9 Å². The SMILES string of the molecule is O=C(O)NCC1CCN(CCc2ccc3ccccc3c2)CC1. The van der Waals surface area contributed by atoms with E-state index in [4.69, 9.17) is 5.11 Å². The molecule has 23 heavy (non-hydrogen) atoms. The number of likely N-dealkylation sites (tertiary alicyclic amines) is 1. The first-order valence-electron chi connectivity index (χ1n) is 8.37. The Labute approximate surface area is 137 Å². The molecular formula is C19H24N2O2. The molecule has 2 aromatic carbocycles. The number of fused-ring (bicyclic) bond motifs is 1. The molecule has 0 saturated carbocycles. The van der Waals surface area contributed by atoms with Gasteiger partial charge in [0, 0.05) is 13.1 Å². The molecule has 122 valence electrons. The highest BCUT2D eigenvalue weighted by Crippen LogP contribution is 2.19. The molecule has 1 aliphatic rings. The summed E-state index contributed by atoms with van der Waals surface area (Å²) in [5, 5.41) is 13.8. The van der Waals surface area contributed by atoms with Crippen LogP contribution in [0.15, 0.2) is 42.5 Å². The largest absolute Gasteiger partial charge is 0.465 e. The minimum atomic E-state index is -0.913. The van der Waals surface area contributed by atoms with Crippen LogP contribution in [0.2, 0.25) is 0 Å². The van der Waals surface area contributed by atoms with Gasteiger partial charge in [-0.1, -0.05) is 42.5 Å². The van der Waals surface area contributed by atoms with Crippen molar-refractivity contribution in [2.24, 2.45) is 5.92 Å². The summed E-state index contributed by atoms with van der Waals surface area (Å²) in [5.41, 5.74) is 1.39. The van der Waals surface area contributed by atoms with Crippen molar-refractivity contribution in [3.8, 4) is 0 Å². The van der Waals surface area contributed by atoms with E-state index >= 15 is 0 Å². The molecule has 0 aliphatic carbocycles. The maximum absolute atomic E-state index is 10.5. The number of piperidine rings is 1. The highest BCUT2D eigenvalue weighted by atomic mass is 16.4. The van der Waals surface area contributed by atoms with E-state index in [2.05, 4.69) is 52.7 Å². The van der Waals surface area contributed by atoms with Crippen molar-refractivity contribution in [2.45, 2.75) is 19.3 Å². The van der Waals surface area contributed by atoms with Crippen LogP contribution in [0.4, 0.5) is 4.79 Å². The third-order valence-corrected chi connectivity index (χ3v) is 4.78. The predicted molar refractivity (Wildman–Crippen MR) is 92.8 cm³/mol. The van der Waals surface area contributed by atoms with Crippen molar-refractivity contribution in [1.82, 2.24) is 10.2 Å². The molecule has 0 spiro atoms. The fourth-order valence-corrected chi connectivity index (χ4v) is 3.33. The van der Waals surface area contributed by atoms with Crippen molar-refractivity contribution >= 4 is 16.9 Å². The van der Waals surface area contributed by atoms with Gasteiger partial charge in [-0.05, 0) is 54.6 Å². The maximum atomic E-state index is 10.5. The Morgan fingerprint density at radius 2 is 1.87 bits per heavy atom. The number of rotatable bonds is 5. The Hall–Kier alpha value is -2.07. The van der Waals surface area contributed by atoms with Gasteiger partial charge in [-0.2, -0.15) is 0 Å². The summed E-state index contributed by atoms with van der Waals surface area (Å²) in [6, 6.07) is 15.2. The van der Waals surface area contributed by atoms with Crippen LogP contribution in [0.1, 0.15) is 18.4 Å². The smallest absolute Gasteiger partial charge is 0.404 e. The lowest BCUT2D eigenvalue weighted by atomic mass is 9.96. The van der Waals surface area contributed by atoms with Crippen LogP contribution in [0, 0.1) is 5.92 Å². The molecule has 1 saturated heterocycles. The van der Waals surface area contributed by atoms with Crippen LogP contribution in [0.25, 0.3) is 10.8 Å². The minimum Gasteiger partial charge on any atom is -0.465 e. The highest BCUT2D eigenvalue weighted by molar-refractivity contribution is 5.82. The molecule has 2 aromatic rings. The topological polar surface area (TPSA) is 52.6 Å². The Morgan fingerprint density at radius 3 is 2.61 bits per heavy atom. The molecule has 4 nitrogen and oxygen atoms in total. The molecule has 2 N–H and O–H groups in total. The fourth-order valence-electron chi connectivity index (χ4n) is 3.33. The summed E-state index contributed by atoms with van der Waals surface area (Å²) < 4.78 is 0. The fraction of sp³-hybridized carbons (Fsp3) is 0.421. The molecule has 1 amide bonds. The van der Waals surface area contributed by atoms with Gasteiger partial charge < -0.3 is 15.3 Å². The first-order chi connectivity index (χ1) is 11.2. The molecule has 0 bridgehead atoms. The van der Waals surface area contributed by atoms with E-state index in [9.17, 15) is 4.79 Å². The van der Waals surface area contributed by atoms with Crippen molar-refractivity contribution in [2.75, 3.05) is 26.2 Å². The van der Waals surface area contributed by atoms with Crippen molar-refractivity contribution in [3.05, 3.63) is 48.0 Å². The van der Waals surface area contributed by atoms with Crippen LogP contribution in [-0.4, -0.2) is 42.3 Å². The molecule has 4 heteroatoms. The van der Waals surface area contributed by atoms with Gasteiger partial charge in [0.25, 0.3) is 0 Å². The Balaban J connectivity index is 1.46. The second kappa shape index (κ2) is 7.47. The van der Waals surface area contributed by atoms with Crippen molar-refractivity contribution in [1.29, 1.82) is 0 Å². The van der Waals surface area contributed by atoms with Gasteiger partial charge in [0.1, 0.15) is 0 Å². The molecule has 0 radical (unpaired) electrons. The van der Waals surface area contributed by atoms with Crippen LogP contribution >= 0.6 is 0 Å². The highest BCUT2D eigenvalue weighted by Gasteiger charge is 2.19. The molecular weight excluding hydrogens is 288 g/mol. The molecule has 1 aliphatic heterocycles. The first-order valence-corrected chi connectivity index (χ1v) is 8.37. The Morgan fingerprint density at radius 1 is 1.13 bits per heavy atom. The lowest BCUT2D eigenvalue weighted by molar-refractivity contribution is 0.171. The Kier molecular flexibility index (Phi) is 5.13. The predicted octanol–water partition coefficient (Wildman–Crippen LogP) is 3.36. The van der Waals surface area contributed by atoms with Gasteiger partial charge >= 0.3 is 6.09 Å². The first kappa shape index (κ1) is 15.8. The number of amides is 1. The van der Waals surface area contributed by atoms with Gasteiger partial charge in [-0.3, -0.25) is 0 Å². The quantitative estimate of drug-likeness (QED) is 0.890. The van der Waals surface area contributed by atoms with Crippen LogP contribution < -0.4 is 5.32 Å². The van der Waals surface area contributed by atoms with E-state index in [1.807, 2.05) is 0 Å². The third kappa shape index (κ3) is 4.45. The van der Waals surface area contributed by atoms with Gasteiger partial charge in [0.2, 0.25) is 0 Å². The number of nitrogens with zero attached hydrogens (tertiary/aromatic N) is 1. The Bertz CT molecular complexity index is 663. The lowest BCUT2D eigenvalue weighted by Gasteiger charge is -2.31. The molecule has 0 unspecified atom stereocenters. The minimum absolute atomic E-state index is 0.489. The second-order valence-corrected chi connectivity index (χ2v) is 6.40. The number of carbonyl (C=O) groups is 1. The van der Waals surface area contributed by atoms with E-state index in [1.165, 1.54) is 16.3 Å². The number of carboxylic acid groups (broad SMARTS) is 1. The summed E-state index contributed by atoms with van der Waals surface area (Å²) in [6.45, 7) is 3.81. The summed E-state index contributed by atoms with van der Waals surface area (Å²) >= 11 is 0. The van der Waals surface area contributed by atoms with Crippen molar-refractivity contribution in [3.63, 3.8) is 0 Å². The summed E-state index contributed by atoms with van der Waals surface area (Å²) in [6.07, 6.45) is 2.32. The van der Waals surface area contributed by atoms with Gasteiger partial charge in [0.15, 0.2) is 0 Å². The number of hydrogen-bond acceptors (Lipinski definition) is 2. The molecule has 1 heterocycles. The van der Waals surface area contributed by atoms with Crippen LogP contribution in [-0.2, 0) is 6.42 Å². The van der Waals surface area contributed by atoms with Gasteiger partial charge in [-0.25, -0.2) is 4.79 Å². The molecule has 0 aromatic heterocycles. The third-order valence-electron chi connectivity index (χ3n) is 4.78. The van der Waals surface area contributed by atoms with Gasteiger partial charge in [-0.15, -0.1) is 0 Å². The number of hydrogen-bond donors (Lipinski definition) is 2. The summed E-state index contributed by atoms with van der Waals surface area (Å²) in [7, 11) is 0. The monoisotopic (exact) mass is 312 g/mol. The van der Waals surface area contributed by atoms with Gasteiger partial charge in [0.05, 0.1) is 0 Å². The zero-order valence-electron chi connectivity index (χ0n) is 13.4. The van der Waals surface area contributed by atoms with Crippen molar-refractivity contribution < 1.29 is 9.90 Å². The van der Waals surface area contributed by atoms with E-state index in [0.29, 0.717) is 12.5 Å². The maximum Gasteiger partial charge on any atom is 0.404 e.